The summed E-state index contributed by atoms with van der Waals surface area (Å²) in [7, 11) is 0. The summed E-state index contributed by atoms with van der Waals surface area (Å²) < 4.78 is 0. The molecule has 0 aromatic rings. The molecule has 1 N–H and O–H groups in total. The van der Waals surface area contributed by atoms with Gasteiger partial charge in [-0.25, -0.2) is 0 Å². The number of hydrogen-bond donors (Lipinski definition) is 1. The van der Waals surface area contributed by atoms with Gasteiger partial charge < -0.3 is 5.11 Å². The minimum atomic E-state index is -0.513. The first-order valence-corrected chi connectivity index (χ1v) is 4.85. The van der Waals surface area contributed by atoms with Crippen LogP contribution in [0.2, 0.25) is 0 Å². The highest BCUT2D eigenvalue weighted by Gasteiger charge is 2.07. The number of unbranched alkanes of at least 4 members (excludes halogenated alkanes) is 3. The predicted molar refractivity (Wildman–Crippen MR) is 50.5 cm³/mol. The summed E-state index contributed by atoms with van der Waals surface area (Å²) in [6, 6.07) is 0. The standard InChI is InChI=1S/C10H18O3/c1-2-3-4-5-6-9(12)7-10(13)8-11/h11H,2-8H2,1H3. The van der Waals surface area contributed by atoms with Crippen LogP contribution in [-0.4, -0.2) is 23.3 Å². The van der Waals surface area contributed by atoms with Crippen molar-refractivity contribution in [3.05, 3.63) is 0 Å². The zero-order valence-corrected chi connectivity index (χ0v) is 8.21. The number of Topliss-reactive ketones (excluding diaryl/α,β-unsaturated/α-hetero) is 2. The van der Waals surface area contributed by atoms with Crippen molar-refractivity contribution < 1.29 is 14.7 Å². The quantitative estimate of drug-likeness (QED) is 0.461. The summed E-state index contributed by atoms with van der Waals surface area (Å²) >= 11 is 0. The van der Waals surface area contributed by atoms with Gasteiger partial charge in [-0.15, -0.1) is 0 Å². The predicted octanol–water partition coefficient (Wildman–Crippen LogP) is 1.48. The van der Waals surface area contributed by atoms with Crippen LogP contribution in [0.25, 0.3) is 0 Å². The Labute approximate surface area is 79.1 Å². The Bertz CT molecular complexity index is 164. The third-order valence-electron chi connectivity index (χ3n) is 1.88. The van der Waals surface area contributed by atoms with Gasteiger partial charge in [0.15, 0.2) is 5.78 Å². The molecule has 0 heterocycles. The van der Waals surface area contributed by atoms with E-state index in [1.54, 1.807) is 0 Å². The molecule has 0 rings (SSSR count). The van der Waals surface area contributed by atoms with E-state index in [0.29, 0.717) is 6.42 Å². The maximum Gasteiger partial charge on any atom is 0.165 e. The molecule has 0 aromatic heterocycles. The van der Waals surface area contributed by atoms with Crippen LogP contribution < -0.4 is 0 Å². The summed E-state index contributed by atoms with van der Waals surface area (Å²) in [5.41, 5.74) is 0. The number of carbonyl (C=O) groups excluding carboxylic acids is 2. The van der Waals surface area contributed by atoms with Crippen molar-refractivity contribution in [2.24, 2.45) is 0 Å². The highest BCUT2D eigenvalue weighted by atomic mass is 16.3. The number of rotatable bonds is 8. The summed E-state index contributed by atoms with van der Waals surface area (Å²) in [5.74, 6) is -0.421. The molecule has 0 bridgehead atoms. The van der Waals surface area contributed by atoms with Crippen LogP contribution in [0, 0.1) is 0 Å². The second-order valence-corrected chi connectivity index (χ2v) is 3.22. The van der Waals surface area contributed by atoms with Crippen molar-refractivity contribution in [1.82, 2.24) is 0 Å². The Morgan fingerprint density at radius 2 is 1.77 bits per heavy atom. The lowest BCUT2D eigenvalue weighted by Gasteiger charge is -1.98. The Hall–Kier alpha value is -0.700. The number of aliphatic hydroxyl groups is 1. The zero-order chi connectivity index (χ0) is 10.1. The summed E-state index contributed by atoms with van der Waals surface area (Å²) in [6.07, 6.45) is 4.58. The van der Waals surface area contributed by atoms with Gasteiger partial charge >= 0.3 is 0 Å². The fourth-order valence-electron chi connectivity index (χ4n) is 1.11. The molecular formula is C10H18O3. The van der Waals surface area contributed by atoms with Crippen molar-refractivity contribution >= 4 is 11.6 Å². The number of aliphatic hydroxyl groups excluding tert-OH is 1. The smallest absolute Gasteiger partial charge is 0.165 e. The molecular weight excluding hydrogens is 168 g/mol. The van der Waals surface area contributed by atoms with Crippen molar-refractivity contribution in [2.45, 2.75) is 45.4 Å². The van der Waals surface area contributed by atoms with Crippen LogP contribution >= 0.6 is 0 Å². The third kappa shape index (κ3) is 7.65. The number of hydrogen-bond acceptors (Lipinski definition) is 3. The molecule has 0 radical (unpaired) electrons. The number of ketones is 2. The Kier molecular flexibility index (Phi) is 7.50. The van der Waals surface area contributed by atoms with E-state index < -0.39 is 6.61 Å². The normalized spacial score (nSPS) is 10.0. The molecule has 0 atom stereocenters. The van der Waals surface area contributed by atoms with Crippen LogP contribution in [-0.2, 0) is 9.59 Å². The monoisotopic (exact) mass is 186 g/mol. The van der Waals surface area contributed by atoms with E-state index in [1.807, 2.05) is 0 Å². The molecule has 3 nitrogen and oxygen atoms in total. The maximum atomic E-state index is 11.0. The second-order valence-electron chi connectivity index (χ2n) is 3.22. The second kappa shape index (κ2) is 7.92. The van der Waals surface area contributed by atoms with Crippen LogP contribution in [0.15, 0.2) is 0 Å². The molecule has 0 amide bonds. The first-order chi connectivity index (χ1) is 6.20. The van der Waals surface area contributed by atoms with Crippen molar-refractivity contribution in [2.75, 3.05) is 6.61 Å². The minimum Gasteiger partial charge on any atom is -0.389 e. The van der Waals surface area contributed by atoms with Gasteiger partial charge in [-0.2, -0.15) is 0 Å². The molecule has 76 valence electrons. The van der Waals surface area contributed by atoms with Crippen molar-refractivity contribution in [3.63, 3.8) is 0 Å². The lowest BCUT2D eigenvalue weighted by atomic mass is 10.1. The molecule has 0 aliphatic rings. The van der Waals surface area contributed by atoms with Gasteiger partial charge in [-0.3, -0.25) is 9.59 Å². The Balaban J connectivity index is 3.35. The lowest BCUT2D eigenvalue weighted by Crippen LogP contribution is -2.10. The van der Waals surface area contributed by atoms with Crippen LogP contribution in [0.5, 0.6) is 0 Å². The molecule has 0 aliphatic carbocycles. The largest absolute Gasteiger partial charge is 0.389 e. The van der Waals surface area contributed by atoms with E-state index in [2.05, 4.69) is 6.92 Å². The van der Waals surface area contributed by atoms with E-state index in [1.165, 1.54) is 0 Å². The molecule has 3 heteroatoms. The van der Waals surface area contributed by atoms with Crippen LogP contribution in [0.3, 0.4) is 0 Å². The van der Waals surface area contributed by atoms with Gasteiger partial charge in [0, 0.05) is 6.42 Å². The molecule has 0 aliphatic heterocycles. The summed E-state index contributed by atoms with van der Waals surface area (Å²) in [6.45, 7) is 1.60. The van der Waals surface area contributed by atoms with Gasteiger partial charge in [-0.05, 0) is 6.42 Å². The molecule has 0 saturated carbocycles. The van der Waals surface area contributed by atoms with Gasteiger partial charge in [-0.1, -0.05) is 26.2 Å². The fourth-order valence-corrected chi connectivity index (χ4v) is 1.11. The SMILES string of the molecule is CCCCCCC(=O)CC(=O)CO. The first kappa shape index (κ1) is 12.3. The highest BCUT2D eigenvalue weighted by Crippen LogP contribution is 2.04. The molecule has 0 aromatic carbocycles. The highest BCUT2D eigenvalue weighted by molar-refractivity contribution is 5.99. The van der Waals surface area contributed by atoms with E-state index >= 15 is 0 Å². The third-order valence-corrected chi connectivity index (χ3v) is 1.88. The first-order valence-electron chi connectivity index (χ1n) is 4.85. The maximum absolute atomic E-state index is 11.0. The van der Waals surface area contributed by atoms with Crippen molar-refractivity contribution in [3.8, 4) is 0 Å². The summed E-state index contributed by atoms with van der Waals surface area (Å²) in [4.78, 5) is 21.7. The molecule has 0 fully saturated rings. The molecule has 0 spiro atoms. The fraction of sp³-hybridized carbons (Fsp3) is 0.800. The number of carbonyl (C=O) groups is 2. The molecule has 0 unspecified atom stereocenters. The molecule has 13 heavy (non-hydrogen) atoms. The van der Waals surface area contributed by atoms with Gasteiger partial charge in [0.1, 0.15) is 12.4 Å². The zero-order valence-electron chi connectivity index (χ0n) is 8.21. The lowest BCUT2D eigenvalue weighted by molar-refractivity contribution is -0.128. The van der Waals surface area contributed by atoms with Crippen LogP contribution in [0.1, 0.15) is 45.4 Å². The van der Waals surface area contributed by atoms with Crippen molar-refractivity contribution in [1.29, 1.82) is 0 Å². The summed E-state index contributed by atoms with van der Waals surface area (Å²) in [5, 5.41) is 8.39. The van der Waals surface area contributed by atoms with E-state index in [9.17, 15) is 9.59 Å². The minimum absolute atomic E-state index is 0.0462. The van der Waals surface area contributed by atoms with Crippen LogP contribution in [0.4, 0.5) is 0 Å². The Morgan fingerprint density at radius 1 is 1.08 bits per heavy atom. The van der Waals surface area contributed by atoms with Gasteiger partial charge in [0.05, 0.1) is 6.42 Å². The molecule has 0 saturated heterocycles. The average Bonchev–Trinajstić information content (AvgIpc) is 2.12. The topological polar surface area (TPSA) is 54.4 Å². The van der Waals surface area contributed by atoms with Gasteiger partial charge in [0.2, 0.25) is 0 Å². The van der Waals surface area contributed by atoms with Gasteiger partial charge in [0.25, 0.3) is 0 Å². The van der Waals surface area contributed by atoms with E-state index in [4.69, 9.17) is 5.11 Å². The van der Waals surface area contributed by atoms with E-state index in [0.717, 1.165) is 25.7 Å². The Morgan fingerprint density at radius 3 is 2.31 bits per heavy atom. The van der Waals surface area contributed by atoms with E-state index in [-0.39, 0.29) is 18.0 Å². The average molecular weight is 186 g/mol.